The van der Waals surface area contributed by atoms with E-state index in [1.807, 2.05) is 17.8 Å². The molecule has 2 rings (SSSR count). The van der Waals surface area contributed by atoms with Gasteiger partial charge in [-0.25, -0.2) is 4.79 Å². The van der Waals surface area contributed by atoms with E-state index in [9.17, 15) is 4.79 Å². The second-order valence-corrected chi connectivity index (χ2v) is 4.91. The van der Waals surface area contributed by atoms with E-state index in [0.717, 1.165) is 16.5 Å². The van der Waals surface area contributed by atoms with E-state index >= 15 is 0 Å². The Morgan fingerprint density at radius 2 is 2.06 bits per heavy atom. The van der Waals surface area contributed by atoms with Crippen molar-refractivity contribution in [2.45, 2.75) is 19.8 Å². The molecule has 0 radical (unpaired) electrons. The van der Waals surface area contributed by atoms with Gasteiger partial charge in [0, 0.05) is 24.1 Å². The van der Waals surface area contributed by atoms with E-state index in [1.165, 1.54) is 0 Å². The Labute approximate surface area is 105 Å². The molecule has 0 fully saturated rings. The summed E-state index contributed by atoms with van der Waals surface area (Å²) >= 11 is 5.96. The molecule has 0 saturated heterocycles. The zero-order chi connectivity index (χ0) is 12.7. The highest BCUT2D eigenvalue weighted by molar-refractivity contribution is 6.34. The summed E-state index contributed by atoms with van der Waals surface area (Å²) in [6.45, 7) is 4.17. The van der Waals surface area contributed by atoms with Gasteiger partial charge in [0.1, 0.15) is 0 Å². The lowest BCUT2D eigenvalue weighted by Crippen LogP contribution is -1.98. The number of benzene rings is 1. The molecule has 2 aromatic rings. The van der Waals surface area contributed by atoms with E-state index in [1.54, 1.807) is 12.1 Å². The van der Waals surface area contributed by atoms with Crippen LogP contribution in [-0.4, -0.2) is 15.6 Å². The Hall–Kier alpha value is -1.48. The number of aryl methyl sites for hydroxylation is 1. The molecule has 1 heterocycles. The van der Waals surface area contributed by atoms with Crippen LogP contribution in [0.4, 0.5) is 0 Å². The van der Waals surface area contributed by atoms with Gasteiger partial charge in [-0.05, 0) is 23.6 Å². The van der Waals surface area contributed by atoms with Gasteiger partial charge in [0.25, 0.3) is 0 Å². The summed E-state index contributed by atoms with van der Waals surface area (Å²) < 4.78 is 1.97. The van der Waals surface area contributed by atoms with E-state index in [4.69, 9.17) is 16.7 Å². The fourth-order valence-corrected chi connectivity index (χ4v) is 2.30. The van der Waals surface area contributed by atoms with Gasteiger partial charge in [-0.1, -0.05) is 25.4 Å². The molecule has 3 nitrogen and oxygen atoms in total. The summed E-state index contributed by atoms with van der Waals surface area (Å²) in [6, 6.07) is 3.38. The Balaban J connectivity index is 2.82. The average Bonchev–Trinajstić information content (AvgIpc) is 2.55. The minimum atomic E-state index is -0.990. The van der Waals surface area contributed by atoms with Crippen molar-refractivity contribution in [1.29, 1.82) is 0 Å². The van der Waals surface area contributed by atoms with Crippen molar-refractivity contribution >= 4 is 28.5 Å². The Morgan fingerprint density at radius 3 is 2.59 bits per heavy atom. The monoisotopic (exact) mass is 251 g/mol. The van der Waals surface area contributed by atoms with Gasteiger partial charge in [0.2, 0.25) is 0 Å². The lowest BCUT2D eigenvalue weighted by molar-refractivity contribution is 0.0697. The average molecular weight is 252 g/mol. The van der Waals surface area contributed by atoms with Crippen LogP contribution in [0.5, 0.6) is 0 Å². The van der Waals surface area contributed by atoms with Crippen molar-refractivity contribution in [3.05, 3.63) is 34.5 Å². The number of aromatic nitrogens is 1. The molecule has 0 spiro atoms. The first-order valence-electron chi connectivity index (χ1n) is 5.43. The van der Waals surface area contributed by atoms with E-state index in [2.05, 4.69) is 13.8 Å². The SMILES string of the molecule is CC(C)c1cn(C)c2cc(Cl)c(C(=O)O)cc12. The normalized spacial score (nSPS) is 11.4. The van der Waals surface area contributed by atoms with Gasteiger partial charge in [0.05, 0.1) is 10.6 Å². The number of aromatic carboxylic acids is 1. The number of nitrogens with zero attached hydrogens (tertiary/aromatic N) is 1. The van der Waals surface area contributed by atoms with Crippen LogP contribution in [0.1, 0.15) is 35.7 Å². The fourth-order valence-electron chi connectivity index (χ4n) is 2.06. The van der Waals surface area contributed by atoms with Gasteiger partial charge < -0.3 is 9.67 Å². The Morgan fingerprint density at radius 1 is 1.41 bits per heavy atom. The molecule has 90 valence electrons. The number of carboxylic acid groups (broad SMARTS) is 1. The van der Waals surface area contributed by atoms with Crippen LogP contribution in [0.15, 0.2) is 18.3 Å². The lowest BCUT2D eigenvalue weighted by atomic mass is 10.0. The summed E-state index contributed by atoms with van der Waals surface area (Å²) in [5.74, 6) is -0.642. The first-order chi connectivity index (χ1) is 7.91. The third-order valence-electron chi connectivity index (χ3n) is 2.96. The van der Waals surface area contributed by atoms with E-state index < -0.39 is 5.97 Å². The quantitative estimate of drug-likeness (QED) is 0.885. The molecule has 0 amide bonds. The molecule has 0 unspecified atom stereocenters. The number of hydrogen-bond acceptors (Lipinski definition) is 1. The third kappa shape index (κ3) is 1.91. The fraction of sp³-hybridized carbons (Fsp3) is 0.308. The molecule has 0 aliphatic carbocycles. The number of rotatable bonds is 2. The molecule has 1 aromatic carbocycles. The molecule has 0 aliphatic heterocycles. The molecule has 0 aliphatic rings. The van der Waals surface area contributed by atoms with Crippen LogP contribution in [0.25, 0.3) is 10.9 Å². The van der Waals surface area contributed by atoms with Gasteiger partial charge in [-0.3, -0.25) is 0 Å². The Kier molecular flexibility index (Phi) is 2.87. The number of carbonyl (C=O) groups is 1. The highest BCUT2D eigenvalue weighted by Crippen LogP contribution is 2.31. The van der Waals surface area contributed by atoms with Crippen LogP contribution in [0.3, 0.4) is 0 Å². The number of carboxylic acids is 1. The zero-order valence-corrected chi connectivity index (χ0v) is 10.7. The maximum absolute atomic E-state index is 11.1. The molecular weight excluding hydrogens is 238 g/mol. The molecule has 0 saturated carbocycles. The molecule has 0 atom stereocenters. The third-order valence-corrected chi connectivity index (χ3v) is 3.27. The standard InChI is InChI=1S/C13H14ClNO2/c1-7(2)10-6-15(3)12-5-11(14)9(13(16)17)4-8(10)12/h4-7H,1-3H3,(H,16,17). The maximum atomic E-state index is 11.1. The highest BCUT2D eigenvalue weighted by atomic mass is 35.5. The smallest absolute Gasteiger partial charge is 0.337 e. The van der Waals surface area contributed by atoms with E-state index in [0.29, 0.717) is 5.92 Å². The number of fused-ring (bicyclic) bond motifs is 1. The first-order valence-corrected chi connectivity index (χ1v) is 5.81. The lowest BCUT2D eigenvalue weighted by Gasteiger charge is -2.04. The molecular formula is C13H14ClNO2. The predicted molar refractivity (Wildman–Crippen MR) is 69.0 cm³/mol. The minimum Gasteiger partial charge on any atom is -0.478 e. The van der Waals surface area contributed by atoms with Crippen molar-refractivity contribution in [3.63, 3.8) is 0 Å². The van der Waals surface area contributed by atoms with Crippen LogP contribution in [-0.2, 0) is 7.05 Å². The second kappa shape index (κ2) is 4.08. The predicted octanol–water partition coefficient (Wildman–Crippen LogP) is 3.65. The number of hydrogen-bond donors (Lipinski definition) is 1. The Bertz CT molecular complexity index is 599. The topological polar surface area (TPSA) is 42.2 Å². The van der Waals surface area contributed by atoms with Gasteiger partial charge in [-0.15, -0.1) is 0 Å². The first kappa shape index (κ1) is 12.0. The molecule has 4 heteroatoms. The highest BCUT2D eigenvalue weighted by Gasteiger charge is 2.15. The number of halogens is 1. The summed E-state index contributed by atoms with van der Waals surface area (Å²) in [5.41, 5.74) is 2.26. The van der Waals surface area contributed by atoms with Gasteiger partial charge in [-0.2, -0.15) is 0 Å². The van der Waals surface area contributed by atoms with Crippen molar-refractivity contribution in [2.75, 3.05) is 0 Å². The van der Waals surface area contributed by atoms with Crippen molar-refractivity contribution in [1.82, 2.24) is 4.57 Å². The second-order valence-electron chi connectivity index (χ2n) is 4.50. The molecule has 1 aromatic heterocycles. The maximum Gasteiger partial charge on any atom is 0.337 e. The summed E-state index contributed by atoms with van der Waals surface area (Å²) in [4.78, 5) is 11.1. The van der Waals surface area contributed by atoms with Crippen LogP contribution >= 0.6 is 11.6 Å². The minimum absolute atomic E-state index is 0.160. The van der Waals surface area contributed by atoms with Crippen molar-refractivity contribution < 1.29 is 9.90 Å². The van der Waals surface area contributed by atoms with Crippen LogP contribution in [0, 0.1) is 0 Å². The molecule has 17 heavy (non-hydrogen) atoms. The van der Waals surface area contributed by atoms with Gasteiger partial charge in [0.15, 0.2) is 0 Å². The van der Waals surface area contributed by atoms with Crippen molar-refractivity contribution in [2.24, 2.45) is 7.05 Å². The summed E-state index contributed by atoms with van der Waals surface area (Å²) in [5, 5.41) is 10.3. The zero-order valence-electron chi connectivity index (χ0n) is 9.99. The largest absolute Gasteiger partial charge is 0.478 e. The van der Waals surface area contributed by atoms with E-state index in [-0.39, 0.29) is 10.6 Å². The summed E-state index contributed by atoms with van der Waals surface area (Å²) in [7, 11) is 1.94. The molecule has 0 bridgehead atoms. The molecule has 1 N–H and O–H groups in total. The van der Waals surface area contributed by atoms with Crippen molar-refractivity contribution in [3.8, 4) is 0 Å². The van der Waals surface area contributed by atoms with Gasteiger partial charge >= 0.3 is 5.97 Å². The summed E-state index contributed by atoms with van der Waals surface area (Å²) in [6.07, 6.45) is 2.03. The van der Waals surface area contributed by atoms with Crippen LogP contribution in [0.2, 0.25) is 5.02 Å². The van der Waals surface area contributed by atoms with Crippen LogP contribution < -0.4 is 0 Å².